The number of aryl methyl sites for hydroxylation is 1. The minimum absolute atomic E-state index is 0.0223. The number of hydrogen-bond donors (Lipinski definition) is 1. The molecule has 35 heavy (non-hydrogen) atoms. The molecule has 2 aromatic rings. The lowest BCUT2D eigenvalue weighted by Gasteiger charge is -2.43. The average molecular weight is 476 g/mol. The highest BCUT2D eigenvalue weighted by Crippen LogP contribution is 2.54. The van der Waals surface area contributed by atoms with Gasteiger partial charge in [-0.15, -0.1) is 0 Å². The summed E-state index contributed by atoms with van der Waals surface area (Å²) in [5, 5.41) is 3.70. The van der Waals surface area contributed by atoms with E-state index in [1.807, 2.05) is 24.3 Å². The summed E-state index contributed by atoms with van der Waals surface area (Å²) in [5.41, 5.74) is 5.76. The Kier molecular flexibility index (Phi) is 6.65. The predicted octanol–water partition coefficient (Wildman–Crippen LogP) is 4.96. The van der Waals surface area contributed by atoms with Gasteiger partial charge in [0.05, 0.1) is 32.5 Å². The summed E-state index contributed by atoms with van der Waals surface area (Å²) >= 11 is 0. The number of carbonyl (C=O) groups excluding carboxylic acids is 2. The van der Waals surface area contributed by atoms with Crippen LogP contribution in [0, 0.1) is 18.8 Å². The van der Waals surface area contributed by atoms with E-state index in [-0.39, 0.29) is 42.2 Å². The van der Waals surface area contributed by atoms with Crippen LogP contribution in [-0.2, 0) is 25.7 Å². The smallest absolute Gasteiger partial charge is 0.334 e. The van der Waals surface area contributed by atoms with Gasteiger partial charge in [0, 0.05) is 35.6 Å². The van der Waals surface area contributed by atoms with Gasteiger partial charge in [0.2, 0.25) is 0 Å². The SMILES string of the molecule is CCOC(=O)C1=C2C(=O)CCC[C@@H]2[C@H]2c3cc(C)ccc3N[C@H]2[C@@H]1COCc1ccc(OC)cc1. The van der Waals surface area contributed by atoms with Crippen molar-refractivity contribution in [3.05, 3.63) is 70.3 Å². The molecule has 6 heteroatoms. The van der Waals surface area contributed by atoms with Gasteiger partial charge in [0.1, 0.15) is 5.75 Å². The normalized spacial score (nSPS) is 24.8. The summed E-state index contributed by atoms with van der Waals surface area (Å²) in [7, 11) is 1.64. The molecule has 1 aliphatic heterocycles. The Bertz CT molecular complexity index is 1150. The quantitative estimate of drug-likeness (QED) is 0.571. The second-order valence-electron chi connectivity index (χ2n) is 9.73. The Hall–Kier alpha value is -3.12. The highest BCUT2D eigenvalue weighted by Gasteiger charge is 2.52. The Morgan fingerprint density at radius 3 is 2.69 bits per heavy atom. The van der Waals surface area contributed by atoms with Crippen LogP contribution in [0.4, 0.5) is 5.69 Å². The van der Waals surface area contributed by atoms with Crippen molar-refractivity contribution in [3.8, 4) is 5.75 Å². The average Bonchev–Trinajstić information content (AvgIpc) is 3.24. The van der Waals surface area contributed by atoms with E-state index in [9.17, 15) is 9.59 Å². The Morgan fingerprint density at radius 2 is 1.94 bits per heavy atom. The van der Waals surface area contributed by atoms with Gasteiger partial charge in [-0.2, -0.15) is 0 Å². The van der Waals surface area contributed by atoms with Gasteiger partial charge in [-0.25, -0.2) is 4.79 Å². The molecule has 0 spiro atoms. The van der Waals surface area contributed by atoms with Gasteiger partial charge in [0.15, 0.2) is 5.78 Å². The van der Waals surface area contributed by atoms with Crippen molar-refractivity contribution in [1.82, 2.24) is 0 Å². The van der Waals surface area contributed by atoms with Crippen LogP contribution in [0.25, 0.3) is 0 Å². The van der Waals surface area contributed by atoms with Crippen LogP contribution in [0.2, 0.25) is 0 Å². The molecule has 2 aliphatic carbocycles. The molecule has 0 radical (unpaired) electrons. The molecule has 2 aromatic carbocycles. The number of esters is 1. The molecule has 0 aromatic heterocycles. The number of rotatable bonds is 7. The lowest BCUT2D eigenvalue weighted by molar-refractivity contribution is -0.140. The first kappa shape index (κ1) is 23.6. The molecular formula is C29H33NO5. The molecule has 6 nitrogen and oxygen atoms in total. The summed E-state index contributed by atoms with van der Waals surface area (Å²) in [4.78, 5) is 26.6. The lowest BCUT2D eigenvalue weighted by Crippen LogP contribution is -2.47. The van der Waals surface area contributed by atoms with Crippen molar-refractivity contribution < 1.29 is 23.8 Å². The fourth-order valence-electron chi connectivity index (χ4n) is 6.11. The van der Waals surface area contributed by atoms with Crippen molar-refractivity contribution in [1.29, 1.82) is 0 Å². The molecule has 1 saturated carbocycles. The molecule has 1 heterocycles. The highest BCUT2D eigenvalue weighted by atomic mass is 16.5. The van der Waals surface area contributed by atoms with Crippen LogP contribution in [-0.4, -0.2) is 38.1 Å². The maximum Gasteiger partial charge on any atom is 0.334 e. The van der Waals surface area contributed by atoms with E-state index in [4.69, 9.17) is 14.2 Å². The van der Waals surface area contributed by atoms with Crippen molar-refractivity contribution in [2.24, 2.45) is 11.8 Å². The third kappa shape index (κ3) is 4.36. The number of methoxy groups -OCH3 is 1. The van der Waals surface area contributed by atoms with Gasteiger partial charge in [-0.3, -0.25) is 4.79 Å². The molecule has 0 unspecified atom stereocenters. The van der Waals surface area contributed by atoms with Gasteiger partial charge in [0.25, 0.3) is 0 Å². The van der Waals surface area contributed by atoms with E-state index in [1.54, 1.807) is 14.0 Å². The zero-order chi connectivity index (χ0) is 24.5. The first-order chi connectivity index (χ1) is 17.0. The minimum Gasteiger partial charge on any atom is -0.497 e. The van der Waals surface area contributed by atoms with Gasteiger partial charge < -0.3 is 19.5 Å². The number of ether oxygens (including phenoxy) is 3. The van der Waals surface area contributed by atoms with Crippen LogP contribution in [0.5, 0.6) is 5.75 Å². The fourth-order valence-corrected chi connectivity index (χ4v) is 6.11. The van der Waals surface area contributed by atoms with Crippen molar-refractivity contribution in [2.75, 3.05) is 25.6 Å². The number of carbonyl (C=O) groups is 2. The molecule has 0 amide bonds. The van der Waals surface area contributed by atoms with Crippen LogP contribution < -0.4 is 10.1 Å². The number of nitrogens with one attached hydrogen (secondary N) is 1. The summed E-state index contributed by atoms with van der Waals surface area (Å²) in [6.07, 6.45) is 2.24. The number of allylic oxidation sites excluding steroid dienone is 1. The molecule has 4 atom stereocenters. The lowest BCUT2D eigenvalue weighted by atomic mass is 9.62. The largest absolute Gasteiger partial charge is 0.497 e. The van der Waals surface area contributed by atoms with E-state index < -0.39 is 0 Å². The standard InChI is InChI=1S/C29H33NO5/c1-4-35-29(32)27-22(16-34-15-18-9-11-19(33-3)12-10-18)28-25(20-6-5-7-24(31)26(20)27)21-14-17(2)8-13-23(21)30-28/h8-14,20,22,25,28,30H,4-7,15-16H2,1-3H3/t20-,22-,25+,28+/m1/s1. The molecule has 5 rings (SSSR count). The summed E-state index contributed by atoms with van der Waals surface area (Å²) in [6.45, 7) is 4.90. The Labute approximate surface area is 206 Å². The minimum atomic E-state index is -0.381. The second-order valence-corrected chi connectivity index (χ2v) is 9.73. The monoisotopic (exact) mass is 475 g/mol. The van der Waals surface area contributed by atoms with Gasteiger partial charge in [-0.1, -0.05) is 29.8 Å². The van der Waals surface area contributed by atoms with Crippen molar-refractivity contribution in [3.63, 3.8) is 0 Å². The predicted molar refractivity (Wildman–Crippen MR) is 133 cm³/mol. The first-order valence-corrected chi connectivity index (χ1v) is 12.5. The van der Waals surface area contributed by atoms with E-state index in [1.165, 1.54) is 11.1 Å². The molecule has 1 fully saturated rings. The number of hydrogen-bond acceptors (Lipinski definition) is 6. The number of Topliss-reactive ketones (excluding diaryl/α,β-unsaturated/α-hetero) is 1. The van der Waals surface area contributed by atoms with Crippen LogP contribution in [0.15, 0.2) is 53.6 Å². The van der Waals surface area contributed by atoms with Crippen LogP contribution >= 0.6 is 0 Å². The zero-order valence-electron chi connectivity index (χ0n) is 20.6. The number of benzene rings is 2. The fraction of sp³-hybridized carbons (Fsp3) is 0.448. The molecule has 3 aliphatic rings. The molecule has 184 valence electrons. The van der Waals surface area contributed by atoms with E-state index in [0.29, 0.717) is 30.8 Å². The topological polar surface area (TPSA) is 73.9 Å². The maximum atomic E-state index is 13.3. The van der Waals surface area contributed by atoms with E-state index >= 15 is 0 Å². The molecular weight excluding hydrogens is 442 g/mol. The summed E-state index contributed by atoms with van der Waals surface area (Å²) < 4.78 is 16.9. The summed E-state index contributed by atoms with van der Waals surface area (Å²) in [6, 6.07) is 14.2. The Morgan fingerprint density at radius 1 is 1.14 bits per heavy atom. The van der Waals surface area contributed by atoms with Crippen LogP contribution in [0.3, 0.4) is 0 Å². The number of ketones is 1. The highest BCUT2D eigenvalue weighted by molar-refractivity contribution is 6.06. The zero-order valence-corrected chi connectivity index (χ0v) is 20.6. The molecule has 0 saturated heterocycles. The number of fused-ring (bicyclic) bond motifs is 5. The maximum absolute atomic E-state index is 13.3. The molecule has 1 N–H and O–H groups in total. The third-order valence-electron chi connectivity index (χ3n) is 7.61. The Balaban J connectivity index is 1.50. The molecule has 0 bridgehead atoms. The van der Waals surface area contributed by atoms with Crippen molar-refractivity contribution >= 4 is 17.4 Å². The van der Waals surface area contributed by atoms with Gasteiger partial charge in [-0.05, 0) is 61.9 Å². The van der Waals surface area contributed by atoms with Gasteiger partial charge >= 0.3 is 5.97 Å². The number of anilines is 1. The third-order valence-corrected chi connectivity index (χ3v) is 7.61. The van der Waals surface area contributed by atoms with Crippen molar-refractivity contribution in [2.45, 2.75) is 51.7 Å². The first-order valence-electron chi connectivity index (χ1n) is 12.5. The van der Waals surface area contributed by atoms with E-state index in [0.717, 1.165) is 29.8 Å². The van der Waals surface area contributed by atoms with Crippen LogP contribution in [0.1, 0.15) is 48.8 Å². The van der Waals surface area contributed by atoms with E-state index in [2.05, 4.69) is 30.4 Å². The second kappa shape index (κ2) is 9.86. The summed E-state index contributed by atoms with van der Waals surface area (Å²) in [5.74, 6) is 0.379.